The highest BCUT2D eigenvalue weighted by molar-refractivity contribution is 6.35. The van der Waals surface area contributed by atoms with Crippen LogP contribution in [-0.4, -0.2) is 24.7 Å². The molecule has 3 unspecified atom stereocenters. The van der Waals surface area contributed by atoms with Crippen molar-refractivity contribution in [2.75, 3.05) is 6.54 Å². The van der Waals surface area contributed by atoms with E-state index < -0.39 is 0 Å². The van der Waals surface area contributed by atoms with Gasteiger partial charge < -0.3 is 15.8 Å². The highest BCUT2D eigenvalue weighted by Gasteiger charge is 2.21. The van der Waals surface area contributed by atoms with Gasteiger partial charge in [0.15, 0.2) is 5.96 Å². The molecule has 0 radical (unpaired) electrons. The Balaban J connectivity index is 1.90. The van der Waals surface area contributed by atoms with Crippen molar-refractivity contribution in [1.82, 2.24) is 5.32 Å². The summed E-state index contributed by atoms with van der Waals surface area (Å²) in [6.07, 6.45) is 2.63. The van der Waals surface area contributed by atoms with Gasteiger partial charge in [0.2, 0.25) is 0 Å². The molecule has 0 bridgehead atoms. The molecular formula is C15H21Cl2N3O. The Morgan fingerprint density at radius 3 is 2.86 bits per heavy atom. The number of rotatable bonds is 4. The van der Waals surface area contributed by atoms with Gasteiger partial charge >= 0.3 is 0 Å². The van der Waals surface area contributed by atoms with Gasteiger partial charge in [0.1, 0.15) is 0 Å². The number of hydrogen-bond acceptors (Lipinski definition) is 2. The van der Waals surface area contributed by atoms with Gasteiger partial charge in [-0.05, 0) is 44.4 Å². The average molecular weight is 330 g/mol. The van der Waals surface area contributed by atoms with E-state index in [2.05, 4.69) is 17.2 Å². The van der Waals surface area contributed by atoms with Crippen LogP contribution in [-0.2, 0) is 4.74 Å². The van der Waals surface area contributed by atoms with Crippen LogP contribution in [0.5, 0.6) is 0 Å². The van der Waals surface area contributed by atoms with E-state index in [4.69, 9.17) is 33.7 Å². The van der Waals surface area contributed by atoms with Gasteiger partial charge in [0.05, 0.1) is 24.8 Å². The van der Waals surface area contributed by atoms with Crippen molar-refractivity contribution < 1.29 is 4.74 Å². The number of halogens is 2. The SMILES string of the molecule is CC1CCC(CN=C(N)NC(C)c2ccc(Cl)cc2Cl)O1. The predicted octanol–water partition coefficient (Wildman–Crippen LogP) is 3.53. The molecule has 1 aliphatic heterocycles. The first-order valence-electron chi connectivity index (χ1n) is 7.12. The summed E-state index contributed by atoms with van der Waals surface area (Å²) in [5.74, 6) is 0.400. The van der Waals surface area contributed by atoms with Gasteiger partial charge in [0, 0.05) is 10.0 Å². The van der Waals surface area contributed by atoms with Crippen LogP contribution in [0.1, 0.15) is 38.3 Å². The zero-order valence-corrected chi connectivity index (χ0v) is 13.8. The van der Waals surface area contributed by atoms with Crippen LogP contribution in [0.25, 0.3) is 0 Å². The maximum Gasteiger partial charge on any atom is 0.189 e. The van der Waals surface area contributed by atoms with Crippen LogP contribution < -0.4 is 11.1 Å². The van der Waals surface area contributed by atoms with Crippen LogP contribution in [0.3, 0.4) is 0 Å². The van der Waals surface area contributed by atoms with E-state index in [9.17, 15) is 0 Å². The van der Waals surface area contributed by atoms with Gasteiger partial charge in [0.25, 0.3) is 0 Å². The molecule has 1 fully saturated rings. The van der Waals surface area contributed by atoms with Gasteiger partial charge in [-0.15, -0.1) is 0 Å². The second kappa shape index (κ2) is 7.34. The van der Waals surface area contributed by atoms with Gasteiger partial charge in [-0.1, -0.05) is 29.3 Å². The zero-order valence-electron chi connectivity index (χ0n) is 12.3. The van der Waals surface area contributed by atoms with Crippen molar-refractivity contribution >= 4 is 29.2 Å². The first-order chi connectivity index (χ1) is 9.95. The van der Waals surface area contributed by atoms with E-state index in [0.717, 1.165) is 18.4 Å². The molecule has 1 aromatic rings. The lowest BCUT2D eigenvalue weighted by atomic mass is 10.1. The topological polar surface area (TPSA) is 59.6 Å². The molecule has 6 heteroatoms. The van der Waals surface area contributed by atoms with Crippen LogP contribution in [0.4, 0.5) is 0 Å². The molecule has 1 aromatic carbocycles. The smallest absolute Gasteiger partial charge is 0.189 e. The molecule has 3 atom stereocenters. The highest BCUT2D eigenvalue weighted by atomic mass is 35.5. The number of aliphatic imine (C=N–C) groups is 1. The maximum atomic E-state index is 6.18. The molecule has 21 heavy (non-hydrogen) atoms. The van der Waals surface area contributed by atoms with E-state index in [0.29, 0.717) is 28.7 Å². The van der Waals surface area contributed by atoms with E-state index in [1.54, 1.807) is 6.07 Å². The summed E-state index contributed by atoms with van der Waals surface area (Å²) in [6, 6.07) is 5.37. The first-order valence-corrected chi connectivity index (χ1v) is 7.88. The molecular weight excluding hydrogens is 309 g/mol. The number of ether oxygens (including phenoxy) is 1. The molecule has 1 saturated heterocycles. The fourth-order valence-corrected chi connectivity index (χ4v) is 2.99. The van der Waals surface area contributed by atoms with Crippen LogP contribution in [0.2, 0.25) is 10.0 Å². The minimum absolute atomic E-state index is 0.0399. The molecule has 0 amide bonds. The van der Waals surface area contributed by atoms with Crippen molar-refractivity contribution in [2.24, 2.45) is 10.7 Å². The Kier molecular flexibility index (Phi) is 5.73. The molecule has 0 aromatic heterocycles. The van der Waals surface area contributed by atoms with E-state index in [1.165, 1.54) is 0 Å². The summed E-state index contributed by atoms with van der Waals surface area (Å²) in [5, 5.41) is 4.37. The number of nitrogens with one attached hydrogen (secondary N) is 1. The Labute approximate surface area is 135 Å². The fraction of sp³-hybridized carbons (Fsp3) is 0.533. The lowest BCUT2D eigenvalue weighted by Gasteiger charge is -2.17. The van der Waals surface area contributed by atoms with Crippen LogP contribution >= 0.6 is 23.2 Å². The number of guanidine groups is 1. The zero-order chi connectivity index (χ0) is 15.4. The predicted molar refractivity (Wildman–Crippen MR) is 88.1 cm³/mol. The molecule has 1 heterocycles. The largest absolute Gasteiger partial charge is 0.373 e. The van der Waals surface area contributed by atoms with Crippen molar-refractivity contribution in [1.29, 1.82) is 0 Å². The van der Waals surface area contributed by atoms with Gasteiger partial charge in [-0.2, -0.15) is 0 Å². The monoisotopic (exact) mass is 329 g/mol. The molecule has 0 spiro atoms. The summed E-state index contributed by atoms with van der Waals surface area (Å²) in [4.78, 5) is 4.34. The number of nitrogens with zero attached hydrogens (tertiary/aromatic N) is 1. The summed E-state index contributed by atoms with van der Waals surface area (Å²) in [5.41, 5.74) is 6.85. The summed E-state index contributed by atoms with van der Waals surface area (Å²) in [7, 11) is 0. The Hall–Kier alpha value is -0.970. The number of hydrogen-bond donors (Lipinski definition) is 2. The molecule has 1 aliphatic rings. The lowest BCUT2D eigenvalue weighted by molar-refractivity contribution is 0.0615. The first kappa shape index (κ1) is 16.4. The Morgan fingerprint density at radius 2 is 2.24 bits per heavy atom. The average Bonchev–Trinajstić information content (AvgIpc) is 2.82. The minimum atomic E-state index is -0.0399. The maximum absolute atomic E-state index is 6.18. The van der Waals surface area contributed by atoms with Crippen LogP contribution in [0.15, 0.2) is 23.2 Å². The Morgan fingerprint density at radius 1 is 1.48 bits per heavy atom. The molecule has 0 aliphatic carbocycles. The summed E-state index contributed by atoms with van der Waals surface area (Å²) in [6.45, 7) is 4.64. The van der Waals surface area contributed by atoms with Crippen molar-refractivity contribution in [3.05, 3.63) is 33.8 Å². The number of nitrogens with two attached hydrogens (primary N) is 1. The summed E-state index contributed by atoms with van der Waals surface area (Å²) >= 11 is 12.1. The molecule has 116 valence electrons. The van der Waals surface area contributed by atoms with Crippen molar-refractivity contribution in [3.63, 3.8) is 0 Å². The van der Waals surface area contributed by atoms with Gasteiger partial charge in [-0.25, -0.2) is 0 Å². The quantitative estimate of drug-likeness (QED) is 0.656. The second-order valence-corrected chi connectivity index (χ2v) is 6.25. The van der Waals surface area contributed by atoms with Crippen molar-refractivity contribution in [3.8, 4) is 0 Å². The second-order valence-electron chi connectivity index (χ2n) is 5.40. The van der Waals surface area contributed by atoms with Crippen LogP contribution in [0, 0.1) is 0 Å². The summed E-state index contributed by atoms with van der Waals surface area (Å²) < 4.78 is 5.71. The molecule has 3 N–H and O–H groups in total. The van der Waals surface area contributed by atoms with E-state index in [-0.39, 0.29) is 12.1 Å². The third-order valence-electron chi connectivity index (χ3n) is 3.58. The molecule has 2 rings (SSSR count). The standard InChI is InChI=1S/C15H21Cl2N3O/c1-9-3-5-12(21-9)8-19-15(18)20-10(2)13-6-4-11(16)7-14(13)17/h4,6-7,9-10,12H,3,5,8H2,1-2H3,(H3,18,19,20). The highest BCUT2D eigenvalue weighted by Crippen LogP contribution is 2.26. The Bertz CT molecular complexity index is 522. The van der Waals surface area contributed by atoms with Crippen molar-refractivity contribution in [2.45, 2.75) is 44.9 Å². The molecule has 4 nitrogen and oxygen atoms in total. The van der Waals surface area contributed by atoms with E-state index in [1.807, 2.05) is 19.1 Å². The third-order valence-corrected chi connectivity index (χ3v) is 4.14. The fourth-order valence-electron chi connectivity index (χ4n) is 2.42. The molecule has 0 saturated carbocycles. The minimum Gasteiger partial charge on any atom is -0.373 e. The lowest BCUT2D eigenvalue weighted by Crippen LogP contribution is -2.34. The van der Waals surface area contributed by atoms with E-state index >= 15 is 0 Å². The third kappa shape index (κ3) is 4.77. The number of benzene rings is 1. The normalized spacial score (nSPS) is 24.1. The van der Waals surface area contributed by atoms with Gasteiger partial charge in [-0.3, -0.25) is 4.99 Å².